The fraction of sp³-hybridized carbons (Fsp3) is 0.263. The lowest BCUT2D eigenvalue weighted by molar-refractivity contribution is -0.384. The summed E-state index contributed by atoms with van der Waals surface area (Å²) in [5, 5.41) is 11.0. The molecule has 0 radical (unpaired) electrons. The van der Waals surface area contributed by atoms with Crippen molar-refractivity contribution in [2.24, 2.45) is 0 Å². The van der Waals surface area contributed by atoms with Crippen LogP contribution in [0.4, 0.5) is 5.69 Å². The van der Waals surface area contributed by atoms with Crippen molar-refractivity contribution in [1.82, 2.24) is 9.47 Å². The van der Waals surface area contributed by atoms with Gasteiger partial charge in [0, 0.05) is 19.2 Å². The molecule has 0 spiro atoms. The van der Waals surface area contributed by atoms with Gasteiger partial charge in [0.05, 0.1) is 17.0 Å². The molecule has 3 aromatic rings. The number of nitrogens with zero attached hydrogens (tertiary/aromatic N) is 3. The second-order valence-corrected chi connectivity index (χ2v) is 6.64. The van der Waals surface area contributed by atoms with Crippen LogP contribution >= 0.6 is 0 Å². The smallest absolute Gasteiger partial charge is 0.420 e. The zero-order valence-electron chi connectivity index (χ0n) is 15.4. The van der Waals surface area contributed by atoms with Crippen molar-refractivity contribution in [3.63, 3.8) is 0 Å². The first-order chi connectivity index (χ1) is 13.9. The lowest BCUT2D eigenvalue weighted by atomic mass is 10.2. The van der Waals surface area contributed by atoms with Crippen LogP contribution in [0.5, 0.6) is 11.5 Å². The Labute approximate surface area is 164 Å². The van der Waals surface area contributed by atoms with Crippen molar-refractivity contribution >= 4 is 22.7 Å². The van der Waals surface area contributed by atoms with Crippen LogP contribution in [0, 0.1) is 10.1 Å². The van der Waals surface area contributed by atoms with E-state index in [9.17, 15) is 19.7 Å². The monoisotopic (exact) mass is 399 g/mol. The van der Waals surface area contributed by atoms with Gasteiger partial charge < -0.3 is 18.8 Å². The summed E-state index contributed by atoms with van der Waals surface area (Å²) in [6.45, 7) is 0.223. The maximum atomic E-state index is 12.6. The molecule has 10 nitrogen and oxygen atoms in total. The summed E-state index contributed by atoms with van der Waals surface area (Å²) in [6.07, 6.45) is -0.363. The molecular weight excluding hydrogens is 382 g/mol. The number of carbonyl (C=O) groups excluding carboxylic acids is 1. The van der Waals surface area contributed by atoms with E-state index in [0.29, 0.717) is 11.5 Å². The molecule has 0 fully saturated rings. The number of rotatable bonds is 5. The molecule has 0 aliphatic carbocycles. The van der Waals surface area contributed by atoms with Crippen LogP contribution in [0.2, 0.25) is 0 Å². The van der Waals surface area contributed by atoms with Gasteiger partial charge in [-0.3, -0.25) is 19.5 Å². The van der Waals surface area contributed by atoms with Gasteiger partial charge in [0.15, 0.2) is 23.2 Å². The molecule has 0 N–H and O–H groups in total. The number of nitro groups is 1. The predicted molar refractivity (Wildman–Crippen MR) is 101 cm³/mol. The molecular formula is C19H17N3O7. The third kappa shape index (κ3) is 3.64. The number of ether oxygens (including phenoxy) is 2. The number of fused-ring (bicyclic) bond motifs is 2. The number of aromatic nitrogens is 1. The van der Waals surface area contributed by atoms with Crippen LogP contribution in [0.1, 0.15) is 0 Å². The van der Waals surface area contributed by atoms with Crippen molar-refractivity contribution in [1.29, 1.82) is 0 Å². The minimum atomic E-state index is -0.756. The second-order valence-electron chi connectivity index (χ2n) is 6.64. The number of non-ortho nitro benzene ring substituents is 1. The summed E-state index contributed by atoms with van der Waals surface area (Å²) in [5.41, 5.74) is 0.174. The molecule has 0 unspecified atom stereocenters. The van der Waals surface area contributed by atoms with E-state index in [2.05, 4.69) is 0 Å². The first-order valence-corrected chi connectivity index (χ1v) is 8.82. The van der Waals surface area contributed by atoms with Crippen molar-refractivity contribution < 1.29 is 23.6 Å². The van der Waals surface area contributed by atoms with E-state index < -0.39 is 10.7 Å². The van der Waals surface area contributed by atoms with Crippen molar-refractivity contribution in [2.45, 2.75) is 12.6 Å². The third-order valence-corrected chi connectivity index (χ3v) is 4.63. The summed E-state index contributed by atoms with van der Waals surface area (Å²) >= 11 is 0. The Balaban J connectivity index is 1.48. The number of carbonyl (C=O) groups is 1. The third-order valence-electron chi connectivity index (χ3n) is 4.63. The average Bonchev–Trinajstić information content (AvgIpc) is 3.02. The zero-order chi connectivity index (χ0) is 20.5. The highest BCUT2D eigenvalue weighted by Gasteiger charge is 2.25. The molecule has 1 amide bonds. The number of hydrogen-bond donors (Lipinski definition) is 0. The topological polar surface area (TPSA) is 117 Å². The minimum absolute atomic E-state index is 0.177. The van der Waals surface area contributed by atoms with Gasteiger partial charge in [0.1, 0.15) is 13.2 Å². The van der Waals surface area contributed by atoms with Gasteiger partial charge in [-0.1, -0.05) is 12.1 Å². The fourth-order valence-electron chi connectivity index (χ4n) is 3.13. The maximum Gasteiger partial charge on any atom is 0.420 e. The van der Waals surface area contributed by atoms with Gasteiger partial charge >= 0.3 is 5.76 Å². The molecule has 4 rings (SSSR count). The number of oxazole rings is 1. The quantitative estimate of drug-likeness (QED) is 0.474. The van der Waals surface area contributed by atoms with Gasteiger partial charge in [-0.25, -0.2) is 4.79 Å². The standard InChI is InChI=1S/C19H17N3O7/c1-20(9-13-11-27-16-4-2-3-5-17(16)28-13)18(23)10-21-14-8-12(22(25)26)6-7-15(14)29-19(21)24/h2-8,13H,9-11H2,1H3/t13-/m0/s1. The fourth-order valence-corrected chi connectivity index (χ4v) is 3.13. The van der Waals surface area contributed by atoms with Crippen molar-refractivity contribution in [3.8, 4) is 11.5 Å². The van der Waals surface area contributed by atoms with Gasteiger partial charge in [0.25, 0.3) is 5.69 Å². The number of nitro benzene ring substituents is 1. The molecule has 1 aromatic heterocycles. The molecule has 2 heterocycles. The normalized spacial score (nSPS) is 15.3. The highest BCUT2D eigenvalue weighted by Crippen LogP contribution is 2.31. The number of amides is 1. The number of benzene rings is 2. The van der Waals surface area contributed by atoms with Crippen molar-refractivity contribution in [3.05, 3.63) is 63.1 Å². The first kappa shape index (κ1) is 18.5. The number of para-hydroxylation sites is 2. The minimum Gasteiger partial charge on any atom is -0.486 e. The van der Waals surface area contributed by atoms with E-state index >= 15 is 0 Å². The summed E-state index contributed by atoms with van der Waals surface area (Å²) in [5.74, 6) is 0.127. The van der Waals surface area contributed by atoms with E-state index in [-0.39, 0.29) is 48.5 Å². The Morgan fingerprint density at radius 3 is 2.79 bits per heavy atom. The highest BCUT2D eigenvalue weighted by atomic mass is 16.6. The molecule has 2 aromatic carbocycles. The average molecular weight is 399 g/mol. The van der Waals surface area contributed by atoms with Gasteiger partial charge in [0.2, 0.25) is 5.91 Å². The summed E-state index contributed by atoms with van der Waals surface area (Å²) in [6, 6.07) is 11.0. The Morgan fingerprint density at radius 1 is 1.28 bits per heavy atom. The molecule has 10 heteroatoms. The summed E-state index contributed by atoms with van der Waals surface area (Å²) in [4.78, 5) is 36.6. The van der Waals surface area contributed by atoms with E-state index in [0.717, 1.165) is 4.57 Å². The van der Waals surface area contributed by atoms with Crippen LogP contribution in [0.3, 0.4) is 0 Å². The first-order valence-electron chi connectivity index (χ1n) is 8.82. The van der Waals surface area contributed by atoms with E-state index in [1.165, 1.54) is 23.1 Å². The largest absolute Gasteiger partial charge is 0.486 e. The van der Waals surface area contributed by atoms with Crippen LogP contribution in [0.15, 0.2) is 51.7 Å². The molecule has 0 bridgehead atoms. The molecule has 1 aliphatic rings. The number of hydrogen-bond acceptors (Lipinski definition) is 7. The maximum absolute atomic E-state index is 12.6. The van der Waals surface area contributed by atoms with Crippen LogP contribution in [-0.4, -0.2) is 46.6 Å². The van der Waals surface area contributed by atoms with Gasteiger partial charge in [-0.05, 0) is 18.2 Å². The molecule has 1 atom stereocenters. The Bertz CT molecular complexity index is 1150. The summed E-state index contributed by atoms with van der Waals surface area (Å²) in [7, 11) is 1.59. The Morgan fingerprint density at radius 2 is 2.03 bits per heavy atom. The van der Waals surface area contributed by atoms with Gasteiger partial charge in [-0.2, -0.15) is 0 Å². The number of likely N-dealkylation sites (N-methyl/N-ethyl adjacent to an activating group) is 1. The molecule has 150 valence electrons. The van der Waals surface area contributed by atoms with Crippen LogP contribution < -0.4 is 15.2 Å². The van der Waals surface area contributed by atoms with Crippen molar-refractivity contribution in [2.75, 3.05) is 20.2 Å². The van der Waals surface area contributed by atoms with Gasteiger partial charge in [-0.15, -0.1) is 0 Å². The Kier molecular flexibility index (Phi) is 4.67. The SMILES string of the molecule is CN(C[C@H]1COc2ccccc2O1)C(=O)Cn1c(=O)oc2ccc([N+](=O)[O-])cc21. The predicted octanol–water partition coefficient (Wildman–Crippen LogP) is 1.80. The van der Waals surface area contributed by atoms with Crippen LogP contribution in [0.25, 0.3) is 11.1 Å². The van der Waals surface area contributed by atoms with E-state index in [1.54, 1.807) is 19.2 Å². The highest BCUT2D eigenvalue weighted by molar-refractivity contribution is 5.80. The molecule has 1 aliphatic heterocycles. The summed E-state index contributed by atoms with van der Waals surface area (Å²) < 4.78 is 17.6. The lowest BCUT2D eigenvalue weighted by Gasteiger charge is -2.29. The molecule has 0 saturated carbocycles. The second kappa shape index (κ2) is 7.30. The molecule has 0 saturated heterocycles. The molecule has 29 heavy (non-hydrogen) atoms. The van der Waals surface area contributed by atoms with Crippen LogP contribution in [-0.2, 0) is 11.3 Å². The lowest BCUT2D eigenvalue weighted by Crippen LogP contribution is -2.43. The Hall–Kier alpha value is -3.82. The van der Waals surface area contributed by atoms with E-state index in [1.807, 2.05) is 12.1 Å². The van der Waals surface area contributed by atoms with E-state index in [4.69, 9.17) is 13.9 Å². The zero-order valence-corrected chi connectivity index (χ0v) is 15.4.